The van der Waals surface area contributed by atoms with Gasteiger partial charge in [0.05, 0.1) is 63.1 Å². The van der Waals surface area contributed by atoms with E-state index in [1.165, 1.54) is 101 Å². The molecule has 0 aliphatic rings. The van der Waals surface area contributed by atoms with E-state index in [1.807, 2.05) is 24.3 Å². The smallest absolute Gasteiger partial charge is 0.422 e. The molecule has 48 heteroatoms. The van der Waals surface area contributed by atoms with Crippen LogP contribution in [0.1, 0.15) is 63.7 Å². The summed E-state index contributed by atoms with van der Waals surface area (Å²) in [4.78, 5) is 94.3. The normalized spacial score (nSPS) is 11.5. The van der Waals surface area contributed by atoms with Crippen LogP contribution in [0, 0.1) is 0 Å². The van der Waals surface area contributed by atoms with Crippen LogP contribution in [0.15, 0.2) is 215 Å². The van der Waals surface area contributed by atoms with E-state index in [4.69, 9.17) is 51.1 Å². The third kappa shape index (κ3) is 31.4. The van der Waals surface area contributed by atoms with Crippen LogP contribution >= 0.6 is 46.4 Å². The van der Waals surface area contributed by atoms with Crippen molar-refractivity contribution >= 4 is 148 Å². The van der Waals surface area contributed by atoms with E-state index >= 15 is 0 Å². The van der Waals surface area contributed by atoms with Crippen molar-refractivity contribution in [2.75, 3.05) is 86.1 Å². The van der Waals surface area contributed by atoms with E-state index in [-0.39, 0.29) is 85.7 Å². The fourth-order valence-electron chi connectivity index (χ4n) is 9.74. The quantitative estimate of drug-likeness (QED) is 0.00742. The summed E-state index contributed by atoms with van der Waals surface area (Å²) in [5, 5.41) is 39.6. The number of hydrogen-bond acceptors (Lipinski definition) is 34. The maximum absolute atomic E-state index is 12.6. The summed E-state index contributed by atoms with van der Waals surface area (Å²) in [6.07, 6.45) is -2.33. The Morgan fingerprint density at radius 2 is 0.667 bits per heavy atom. The van der Waals surface area contributed by atoms with E-state index in [1.54, 1.807) is 84.9 Å². The first-order chi connectivity index (χ1) is 59.7. The minimum absolute atomic E-state index is 0.00875. The maximum Gasteiger partial charge on any atom is 0.422 e. The molecule has 0 saturated carbocycles. The van der Waals surface area contributed by atoms with Crippen molar-refractivity contribution in [3.8, 4) is 12.0 Å². The number of benzene rings is 4. The molecule has 0 fully saturated rings. The van der Waals surface area contributed by atoms with Gasteiger partial charge in [-0.2, -0.15) is 60.7 Å². The van der Waals surface area contributed by atoms with Gasteiger partial charge < -0.3 is 70.7 Å². The van der Waals surface area contributed by atoms with Gasteiger partial charge >= 0.3 is 48.3 Å². The summed E-state index contributed by atoms with van der Waals surface area (Å²) in [5.41, 5.74) is 4.17. The van der Waals surface area contributed by atoms with Gasteiger partial charge in [-0.15, -0.1) is 0 Å². The van der Waals surface area contributed by atoms with Crippen LogP contribution in [-0.2, 0) is 64.8 Å². The molecule has 8 N–H and O–H groups in total. The van der Waals surface area contributed by atoms with Crippen molar-refractivity contribution < 1.29 is 101 Å². The number of esters is 4. The summed E-state index contributed by atoms with van der Waals surface area (Å²) >= 11 is 23.5. The van der Waals surface area contributed by atoms with Gasteiger partial charge in [0.1, 0.15) is 46.5 Å². The molecule has 660 valence electrons. The van der Waals surface area contributed by atoms with Crippen LogP contribution in [0.3, 0.4) is 0 Å². The van der Waals surface area contributed by atoms with Crippen molar-refractivity contribution in [2.24, 2.45) is 9.98 Å². The van der Waals surface area contributed by atoms with Gasteiger partial charge in [0.15, 0.2) is 35.8 Å². The molecule has 0 amide bonds. The molecule has 36 nitrogen and oxygen atoms in total. The lowest BCUT2D eigenvalue weighted by Crippen LogP contribution is -2.21. The summed E-state index contributed by atoms with van der Waals surface area (Å²) in [7, 11) is -2.46. The number of alkyl halides is 6. The number of aromatic nitrogens is 12. The van der Waals surface area contributed by atoms with Gasteiger partial charge in [-0.25, -0.2) is 70.9 Å². The number of rotatable bonds is 28. The molecular formula is C78H70Cl4F6N20O16S2. The fourth-order valence-corrected chi connectivity index (χ4v) is 11.3. The first-order valence-electron chi connectivity index (χ1n) is 35.8. The molecule has 0 bridgehead atoms. The number of hydrogen-bond donors (Lipinski definition) is 8. The second-order valence-electron chi connectivity index (χ2n) is 25.4. The monoisotopic (exact) mass is 1860 g/mol. The molecule has 0 atom stereocenters. The molecule has 126 heavy (non-hydrogen) atoms. The number of pyridine rings is 4. The zero-order chi connectivity index (χ0) is 91.5. The highest BCUT2D eigenvalue weighted by Gasteiger charge is 2.31. The Bertz CT molecular complexity index is 6210. The van der Waals surface area contributed by atoms with Crippen molar-refractivity contribution in [3.05, 3.63) is 270 Å². The lowest BCUT2D eigenvalue weighted by molar-refractivity contribution is -0.155. The third-order valence-corrected chi connectivity index (χ3v) is 18.4. The number of anilines is 8. The minimum atomic E-state index is -4.59. The van der Waals surface area contributed by atoms with Gasteiger partial charge in [-0.1, -0.05) is 94.9 Å². The Hall–Kier alpha value is -14.1. The van der Waals surface area contributed by atoms with Crippen LogP contribution in [0.2, 0.25) is 20.1 Å². The van der Waals surface area contributed by atoms with Crippen LogP contribution < -0.4 is 52.3 Å². The summed E-state index contributed by atoms with van der Waals surface area (Å²) in [6.45, 7) is -1.77. The lowest BCUT2D eigenvalue weighted by atomic mass is 10.2. The number of halogens is 10. The molecule has 8 heterocycles. The minimum Gasteiger partial charge on any atom is -0.465 e. The predicted octanol–water partition coefficient (Wildman–Crippen LogP) is 13.6. The second kappa shape index (κ2) is 44.3. The van der Waals surface area contributed by atoms with Crippen LogP contribution in [0.4, 0.5) is 84.5 Å². The molecule has 4 aromatic carbocycles. The molecule has 0 unspecified atom stereocenters. The van der Waals surface area contributed by atoms with E-state index < -0.39 is 86.3 Å². The number of carbonyl (C=O) groups is 4. The average Bonchev–Trinajstić information content (AvgIpc) is 0.823. The van der Waals surface area contributed by atoms with Gasteiger partial charge in [0, 0.05) is 95.4 Å². The number of ether oxygens (including phenoxy) is 6. The predicted molar refractivity (Wildman–Crippen MR) is 447 cm³/mol. The fraction of sp³-hybridized carbons (Fsp3) is 0.179. The molecule has 8 aromatic heterocycles. The number of carbonyl (C=O) groups excluding carboxylic acids is 4. The van der Waals surface area contributed by atoms with Crippen LogP contribution in [-0.4, -0.2) is 177 Å². The number of nitrogens with zero attached hydrogens (tertiary/aromatic N) is 14. The molecule has 0 aliphatic carbocycles. The first-order valence-corrected chi connectivity index (χ1v) is 41.1. The van der Waals surface area contributed by atoms with Gasteiger partial charge in [0.2, 0.25) is 19.7 Å². The van der Waals surface area contributed by atoms with Crippen molar-refractivity contribution in [1.82, 2.24) is 59.3 Å². The van der Waals surface area contributed by atoms with E-state index in [2.05, 4.69) is 115 Å². The highest BCUT2D eigenvalue weighted by Crippen LogP contribution is 2.28. The van der Waals surface area contributed by atoms with Crippen molar-refractivity contribution in [1.29, 1.82) is 0 Å². The van der Waals surface area contributed by atoms with E-state index in [0.717, 1.165) is 47.2 Å². The molecular weight excluding hydrogens is 1790 g/mol. The molecule has 12 aromatic rings. The van der Waals surface area contributed by atoms with Crippen LogP contribution in [0.5, 0.6) is 12.0 Å². The van der Waals surface area contributed by atoms with Crippen LogP contribution in [0.25, 0.3) is 0 Å². The Balaban J connectivity index is 0.000000190. The summed E-state index contributed by atoms with van der Waals surface area (Å²) < 4.78 is 152. The molecule has 0 saturated heterocycles. The van der Waals surface area contributed by atoms with E-state index in [9.17, 15) is 72.8 Å². The number of nitrogens with one attached hydrogen (secondary N) is 6. The third-order valence-electron chi connectivity index (χ3n) is 15.7. The highest BCUT2D eigenvalue weighted by atomic mass is 35.5. The number of methoxy groups -OCH3 is 4. The van der Waals surface area contributed by atoms with E-state index in [0.29, 0.717) is 66.6 Å². The Morgan fingerprint density at radius 3 is 0.992 bits per heavy atom. The topological polar surface area (TPSA) is 468 Å². The largest absolute Gasteiger partial charge is 0.465 e. The molecule has 0 aliphatic heterocycles. The van der Waals surface area contributed by atoms with Gasteiger partial charge in [-0.05, 0) is 119 Å². The highest BCUT2D eigenvalue weighted by molar-refractivity contribution is 7.90. The van der Waals surface area contributed by atoms with Gasteiger partial charge in [0.25, 0.3) is 10.3 Å². The molecule has 0 radical (unpaired) electrons. The zero-order valence-electron chi connectivity index (χ0n) is 66.2. The zero-order valence-corrected chi connectivity index (χ0v) is 70.8. The first kappa shape index (κ1) is 95.8. The Kier molecular flexibility index (Phi) is 33.7. The summed E-state index contributed by atoms with van der Waals surface area (Å²) in [6, 6.07) is 44.5. The molecule has 12 rings (SSSR count). The average molecular weight is 1860 g/mol. The summed E-state index contributed by atoms with van der Waals surface area (Å²) in [5.74, 6) is -0.583. The number of sulfone groups is 2. The van der Waals surface area contributed by atoms with Crippen molar-refractivity contribution in [2.45, 2.75) is 48.8 Å². The second-order valence-corrected chi connectivity index (χ2v) is 31.0. The Morgan fingerprint density at radius 1 is 0.381 bits per heavy atom. The Labute approximate surface area is 731 Å². The molecule has 0 spiro atoms. The SMILES string of the molecule is COC(=O)c1ccc(=Nc2cc(NCc3ccc(Cl)cc3)nc(OCC(F)(F)F)n2)n(O)c1.COC(=O)c1ccc(=Nc2cc(NCc3ccc(Cl)cc3)nc(S(C)(=O)=O)n2)n(O)c1.COC(=O)c1ccc(Nc2cc(NCc3ccc(Cl)cc3)nc(OCC(F)(F)F)n2)nc1.COC(=O)c1ccc(Nc2cc(NCc3ccc(Cl)cc3)nc(S(C)(=O)=O)n2)nc1. The lowest BCUT2D eigenvalue weighted by Gasteiger charge is -2.13. The van der Waals surface area contributed by atoms with Crippen molar-refractivity contribution in [3.63, 3.8) is 0 Å². The maximum atomic E-state index is 12.6. The standard InChI is InChI=1S/C20H17ClF3N5O4.C20H17ClF3N5O3.C19H18ClN5O5S.C19H18ClN5O4S/c1-32-18(30)13-4-7-17(29(31)10-13)26-16-8-15(25-9-12-2-5-14(21)6-3-12)27-19(28-16)33-11-20(22,23)24;1-31-18(30)13-4-7-15(26-10-13)27-17-8-16(25-9-12-2-5-14(21)6-3-12)28-19(29-17)32-11-20(22,23)24;1-30-18(26)13-5-8-17(25(27)11-13)22-16-9-15(23-19(24-16)31(2,28)29)21-10-12-3-6-14(20)7-4-12;1-29-18(26)13-5-8-15(22-11-13)23-17-9-16(24-19(25-17)30(2,27)28)21-10-12-3-6-14(20)7-4-12/h2-8,10,31H,9,11H2,1H3,(H,25,27,28);2-8,10H,9,11H2,1H3,(H2,25,26,27,28,29);3-9,11,27H,10H2,1-2H3,(H,21,23,24);3-9,11H,10H2,1-2H3,(H2,21,22,23,24,25). The van der Waals surface area contributed by atoms with Gasteiger partial charge in [-0.3, -0.25) is 0 Å².